The molecule has 58 heavy (non-hydrogen) atoms. The largest absolute Gasteiger partial charge is 0.481 e. The lowest BCUT2D eigenvalue weighted by Crippen LogP contribution is -2.42. The molecule has 2 saturated carbocycles. The van der Waals surface area contributed by atoms with Crippen molar-refractivity contribution < 1.29 is 24.6 Å². The number of fused-ring (bicyclic) bond motifs is 2. The van der Waals surface area contributed by atoms with Crippen LogP contribution in [-0.4, -0.2) is 88.7 Å². The summed E-state index contributed by atoms with van der Waals surface area (Å²) >= 11 is 7.04. The third-order valence-electron chi connectivity index (χ3n) is 13.5. The molecule has 8 rings (SSSR count). The zero-order chi connectivity index (χ0) is 40.7. The molecule has 2 aromatic heterocycles. The lowest BCUT2D eigenvalue weighted by Gasteiger charge is -2.37. The molecule has 4 aromatic rings. The highest BCUT2D eigenvalue weighted by Crippen LogP contribution is 2.41. The first-order valence-corrected chi connectivity index (χ1v) is 21.3. The summed E-state index contributed by atoms with van der Waals surface area (Å²) < 4.78 is 3.77. The SMILES string of the molecule is Cc1c(NC(=O)c2nc3c(n2C)CCN([C@H]2CC[C@H](O)CC2)C3)cccc1-c1cccc(NC(=O)c2nc3c(n2C)CCN(CCC2(C(=O)O)CCCCC2)C3)c1Cl. The number of carboxylic acids is 1. The lowest BCUT2D eigenvalue weighted by atomic mass is 9.72. The number of benzene rings is 2. The van der Waals surface area contributed by atoms with Gasteiger partial charge in [-0.2, -0.15) is 0 Å². The van der Waals surface area contributed by atoms with Crippen LogP contribution in [0.5, 0.6) is 0 Å². The number of anilines is 2. The monoisotopic (exact) mass is 810 g/mol. The average molecular weight is 811 g/mol. The standard InChI is InChI=1S/C44H55ClN8O5/c1-27-30(9-7-11-32(27)48-41(55)39-47-35-26-53(23-18-37(35)51(39)3)28-13-15-29(54)16-14-28)31-10-8-12-33(38(31)45)49-42(56)40-46-34-25-52(22-17-36(34)50(40)2)24-21-44(43(57)58)19-5-4-6-20-44/h7-12,28-29,54H,4-6,13-26H2,1-3H3,(H,48,55)(H,49,56)(H,57,58)/t28-,29-. The number of hydrogen-bond donors (Lipinski definition) is 4. The van der Waals surface area contributed by atoms with E-state index in [-0.39, 0.29) is 17.9 Å². The number of nitrogens with zero attached hydrogens (tertiary/aromatic N) is 6. The van der Waals surface area contributed by atoms with Crippen molar-refractivity contribution in [1.29, 1.82) is 0 Å². The summed E-state index contributed by atoms with van der Waals surface area (Å²) in [6.45, 7) is 5.60. The number of aliphatic carboxylic acids is 1. The topological polar surface area (TPSA) is 158 Å². The quantitative estimate of drug-likeness (QED) is 0.136. The van der Waals surface area contributed by atoms with E-state index in [1.807, 2.05) is 60.5 Å². The van der Waals surface area contributed by atoms with Gasteiger partial charge in [-0.05, 0) is 81.7 Å². The molecule has 4 N–H and O–H groups in total. The highest BCUT2D eigenvalue weighted by atomic mass is 35.5. The Balaban J connectivity index is 0.938. The molecule has 0 unspecified atom stereocenters. The van der Waals surface area contributed by atoms with E-state index in [2.05, 4.69) is 20.4 Å². The molecular formula is C44H55ClN8O5. The predicted octanol–water partition coefficient (Wildman–Crippen LogP) is 6.73. The van der Waals surface area contributed by atoms with Crippen LogP contribution in [0.2, 0.25) is 5.02 Å². The maximum Gasteiger partial charge on any atom is 0.309 e. The number of amides is 2. The van der Waals surface area contributed by atoms with E-state index in [9.17, 15) is 24.6 Å². The number of aliphatic hydroxyl groups is 1. The van der Waals surface area contributed by atoms with Gasteiger partial charge in [0.2, 0.25) is 0 Å². The molecule has 0 radical (unpaired) electrons. The van der Waals surface area contributed by atoms with Crippen molar-refractivity contribution >= 4 is 40.8 Å². The van der Waals surface area contributed by atoms with Gasteiger partial charge in [0.25, 0.3) is 11.8 Å². The van der Waals surface area contributed by atoms with Gasteiger partial charge in [-0.1, -0.05) is 55.1 Å². The second-order valence-corrected chi connectivity index (χ2v) is 17.3. The van der Waals surface area contributed by atoms with E-state index in [0.29, 0.717) is 65.7 Å². The first-order valence-electron chi connectivity index (χ1n) is 20.9. The van der Waals surface area contributed by atoms with Crippen LogP contribution in [0.15, 0.2) is 36.4 Å². The molecule has 2 aliphatic heterocycles. The van der Waals surface area contributed by atoms with Gasteiger partial charge in [-0.3, -0.25) is 24.2 Å². The molecule has 0 saturated heterocycles. The summed E-state index contributed by atoms with van der Waals surface area (Å²) in [6.07, 6.45) is 10.1. The van der Waals surface area contributed by atoms with Crippen molar-refractivity contribution in [2.75, 3.05) is 30.3 Å². The van der Waals surface area contributed by atoms with Crippen LogP contribution < -0.4 is 10.6 Å². The van der Waals surface area contributed by atoms with E-state index in [1.165, 1.54) is 0 Å². The highest BCUT2D eigenvalue weighted by molar-refractivity contribution is 6.36. The van der Waals surface area contributed by atoms with Crippen molar-refractivity contribution in [1.82, 2.24) is 28.9 Å². The van der Waals surface area contributed by atoms with E-state index in [0.717, 1.165) is 118 Å². The second kappa shape index (κ2) is 16.6. The van der Waals surface area contributed by atoms with E-state index in [4.69, 9.17) is 21.6 Å². The number of aromatic nitrogens is 4. The van der Waals surface area contributed by atoms with Gasteiger partial charge in [-0.25, -0.2) is 9.97 Å². The molecule has 2 amide bonds. The van der Waals surface area contributed by atoms with Crippen LogP contribution >= 0.6 is 11.6 Å². The molecular weight excluding hydrogens is 756 g/mol. The first-order chi connectivity index (χ1) is 27.9. The Morgan fingerprint density at radius 1 is 0.810 bits per heavy atom. The molecule has 308 valence electrons. The molecule has 4 heterocycles. The molecule has 13 nitrogen and oxygen atoms in total. The number of carbonyl (C=O) groups excluding carboxylic acids is 2. The van der Waals surface area contributed by atoms with E-state index >= 15 is 0 Å². The minimum atomic E-state index is -0.678. The maximum absolute atomic E-state index is 13.8. The van der Waals surface area contributed by atoms with Gasteiger partial charge in [0.1, 0.15) is 0 Å². The first kappa shape index (κ1) is 40.2. The van der Waals surface area contributed by atoms with Crippen LogP contribution in [0.1, 0.15) is 114 Å². The van der Waals surface area contributed by atoms with Crippen LogP contribution in [0.3, 0.4) is 0 Å². The van der Waals surface area contributed by atoms with E-state index in [1.54, 1.807) is 6.07 Å². The minimum Gasteiger partial charge on any atom is -0.481 e. The van der Waals surface area contributed by atoms with Crippen LogP contribution in [-0.2, 0) is 44.8 Å². The van der Waals surface area contributed by atoms with Crippen LogP contribution in [0, 0.1) is 12.3 Å². The molecule has 2 aliphatic carbocycles. The fraction of sp³-hybridized carbons (Fsp3) is 0.523. The molecule has 4 aliphatic rings. The third-order valence-corrected chi connectivity index (χ3v) is 13.9. The van der Waals surface area contributed by atoms with Crippen molar-refractivity contribution in [2.24, 2.45) is 19.5 Å². The van der Waals surface area contributed by atoms with Crippen molar-refractivity contribution in [3.8, 4) is 11.1 Å². The van der Waals surface area contributed by atoms with Crippen LogP contribution in [0.25, 0.3) is 11.1 Å². The summed E-state index contributed by atoms with van der Waals surface area (Å²) in [6, 6.07) is 11.6. The smallest absolute Gasteiger partial charge is 0.309 e. The number of nitrogens with one attached hydrogen (secondary N) is 2. The molecule has 0 bridgehead atoms. The summed E-state index contributed by atoms with van der Waals surface area (Å²) in [5.74, 6) is -0.673. The minimum absolute atomic E-state index is 0.194. The zero-order valence-electron chi connectivity index (χ0n) is 33.8. The molecule has 0 spiro atoms. The van der Waals surface area contributed by atoms with Gasteiger partial charge in [0.15, 0.2) is 11.6 Å². The third kappa shape index (κ3) is 7.81. The Hall–Kier alpha value is -4.56. The normalized spacial score (nSPS) is 20.9. The fourth-order valence-corrected chi connectivity index (χ4v) is 10.2. The van der Waals surface area contributed by atoms with Gasteiger partial charge in [-0.15, -0.1) is 0 Å². The Bertz CT molecular complexity index is 2220. The molecule has 14 heteroatoms. The Labute approximate surface area is 344 Å². The van der Waals surface area contributed by atoms with Gasteiger partial charge in [0.05, 0.1) is 33.6 Å². The van der Waals surface area contributed by atoms with E-state index < -0.39 is 11.4 Å². The number of rotatable bonds is 10. The summed E-state index contributed by atoms with van der Waals surface area (Å²) in [5, 5.41) is 26.5. The van der Waals surface area contributed by atoms with Gasteiger partial charge < -0.3 is 30.0 Å². The Morgan fingerprint density at radius 2 is 1.40 bits per heavy atom. The number of hydrogen-bond acceptors (Lipinski definition) is 8. The second-order valence-electron chi connectivity index (χ2n) is 16.9. The molecule has 2 aromatic carbocycles. The Morgan fingerprint density at radius 3 is 2.05 bits per heavy atom. The highest BCUT2D eigenvalue weighted by Gasteiger charge is 2.40. The number of imidazole rings is 2. The summed E-state index contributed by atoms with van der Waals surface area (Å²) in [7, 11) is 3.76. The number of aliphatic hydroxyl groups excluding tert-OH is 1. The Kier molecular flexibility index (Phi) is 11.5. The molecule has 0 atom stereocenters. The number of halogens is 1. The lowest BCUT2D eigenvalue weighted by molar-refractivity contribution is -0.152. The van der Waals surface area contributed by atoms with Crippen molar-refractivity contribution in [2.45, 2.75) is 109 Å². The maximum atomic E-state index is 13.8. The fourth-order valence-electron chi connectivity index (χ4n) is 9.89. The van der Waals surface area contributed by atoms with Gasteiger partial charge in [0, 0.05) is 81.8 Å². The number of carbonyl (C=O) groups is 3. The molecule has 2 fully saturated rings. The zero-order valence-corrected chi connectivity index (χ0v) is 34.6. The van der Waals surface area contributed by atoms with Crippen molar-refractivity contribution in [3.05, 3.63) is 81.4 Å². The number of carboxylic acid groups (broad SMARTS) is 1. The summed E-state index contributed by atoms with van der Waals surface area (Å²) in [5.41, 5.74) is 6.68. The average Bonchev–Trinajstić information content (AvgIpc) is 3.74. The van der Waals surface area contributed by atoms with Gasteiger partial charge >= 0.3 is 5.97 Å². The summed E-state index contributed by atoms with van der Waals surface area (Å²) in [4.78, 5) is 54.1. The predicted molar refractivity (Wildman–Crippen MR) is 223 cm³/mol. The van der Waals surface area contributed by atoms with Crippen LogP contribution in [0.4, 0.5) is 11.4 Å². The van der Waals surface area contributed by atoms with Crippen molar-refractivity contribution in [3.63, 3.8) is 0 Å².